The minimum atomic E-state index is -0.893. The van der Waals surface area contributed by atoms with E-state index in [0.717, 1.165) is 11.1 Å². The van der Waals surface area contributed by atoms with Crippen LogP contribution in [-0.2, 0) is 15.3 Å². The van der Waals surface area contributed by atoms with Crippen LogP contribution in [0.25, 0.3) is 0 Å². The number of rotatable bonds is 4. The molecule has 0 unspecified atom stereocenters. The molecule has 0 spiro atoms. The molecule has 0 bridgehead atoms. The topological polar surface area (TPSA) is 31.4 Å². The molecule has 0 N–H and O–H groups in total. The Morgan fingerprint density at radius 2 is 1.53 bits per heavy atom. The zero-order valence-corrected chi connectivity index (χ0v) is 9.96. The van der Waals surface area contributed by atoms with Gasteiger partial charge in [0.25, 0.3) is 0 Å². The summed E-state index contributed by atoms with van der Waals surface area (Å²) in [7, 11) is 3.26. The van der Waals surface area contributed by atoms with E-state index in [-0.39, 0.29) is 0 Å². The quantitative estimate of drug-likeness (QED) is 0.755. The maximum absolute atomic E-state index is 5.60. The molecule has 17 heavy (non-hydrogen) atoms. The number of methoxy groups -OCH3 is 2. The second-order valence-corrected chi connectivity index (χ2v) is 3.63. The largest absolute Gasteiger partial charge is 0.346 e. The molecule has 0 amide bonds. The maximum atomic E-state index is 5.60. The van der Waals surface area contributed by atoms with E-state index in [1.807, 2.05) is 42.5 Å². The van der Waals surface area contributed by atoms with E-state index in [9.17, 15) is 0 Å². The molecule has 0 saturated carbocycles. The Morgan fingerprint density at radius 1 is 0.882 bits per heavy atom. The number of ether oxygens (including phenoxy) is 2. The van der Waals surface area contributed by atoms with E-state index < -0.39 is 5.79 Å². The Hall–Kier alpha value is -1.71. The van der Waals surface area contributed by atoms with Gasteiger partial charge in [0.2, 0.25) is 5.79 Å². The maximum Gasteiger partial charge on any atom is 0.223 e. The van der Waals surface area contributed by atoms with Gasteiger partial charge >= 0.3 is 0 Å². The monoisotopic (exact) mass is 229 g/mol. The van der Waals surface area contributed by atoms with E-state index in [2.05, 4.69) is 4.98 Å². The van der Waals surface area contributed by atoms with Crippen molar-refractivity contribution in [3.05, 3.63) is 66.0 Å². The van der Waals surface area contributed by atoms with Gasteiger partial charge in [-0.2, -0.15) is 0 Å². The first-order valence-corrected chi connectivity index (χ1v) is 5.40. The van der Waals surface area contributed by atoms with E-state index in [1.165, 1.54) is 0 Å². The van der Waals surface area contributed by atoms with Crippen LogP contribution < -0.4 is 0 Å². The van der Waals surface area contributed by atoms with Crippen molar-refractivity contribution < 1.29 is 9.47 Å². The predicted octanol–water partition coefficient (Wildman–Crippen LogP) is 2.58. The molecule has 0 fully saturated rings. The lowest BCUT2D eigenvalue weighted by Crippen LogP contribution is -2.32. The minimum absolute atomic E-state index is 0.871. The third-order valence-corrected chi connectivity index (χ3v) is 2.77. The van der Waals surface area contributed by atoms with Gasteiger partial charge in [0, 0.05) is 37.7 Å². The van der Waals surface area contributed by atoms with E-state index in [0.29, 0.717) is 0 Å². The van der Waals surface area contributed by atoms with Crippen molar-refractivity contribution in [2.75, 3.05) is 14.2 Å². The minimum Gasteiger partial charge on any atom is -0.346 e. The van der Waals surface area contributed by atoms with Crippen molar-refractivity contribution in [3.63, 3.8) is 0 Å². The summed E-state index contributed by atoms with van der Waals surface area (Å²) < 4.78 is 11.2. The number of hydrogen-bond donors (Lipinski definition) is 0. The summed E-state index contributed by atoms with van der Waals surface area (Å²) in [5, 5.41) is 0. The number of pyridine rings is 1. The molecule has 0 aliphatic carbocycles. The second kappa shape index (κ2) is 5.08. The van der Waals surface area contributed by atoms with Gasteiger partial charge in [-0.25, -0.2) is 0 Å². The Kier molecular flexibility index (Phi) is 3.52. The molecule has 2 aromatic rings. The first kappa shape index (κ1) is 11.8. The fraction of sp³-hybridized carbons (Fsp3) is 0.214. The molecule has 88 valence electrons. The molecule has 3 nitrogen and oxygen atoms in total. The fourth-order valence-electron chi connectivity index (χ4n) is 1.94. The Labute approximate surface area is 101 Å². The SMILES string of the molecule is COC(OC)(c1ccccc1)c1cccnc1. The van der Waals surface area contributed by atoms with Gasteiger partial charge in [0.15, 0.2) is 0 Å². The van der Waals surface area contributed by atoms with Crippen molar-refractivity contribution >= 4 is 0 Å². The van der Waals surface area contributed by atoms with Crippen molar-refractivity contribution in [2.24, 2.45) is 0 Å². The Balaban J connectivity index is 2.54. The van der Waals surface area contributed by atoms with Gasteiger partial charge in [-0.3, -0.25) is 4.98 Å². The molecule has 1 heterocycles. The van der Waals surface area contributed by atoms with E-state index in [4.69, 9.17) is 9.47 Å². The summed E-state index contributed by atoms with van der Waals surface area (Å²) in [4.78, 5) is 4.11. The predicted molar refractivity (Wildman–Crippen MR) is 65.5 cm³/mol. The van der Waals surface area contributed by atoms with Crippen LogP contribution in [0.15, 0.2) is 54.9 Å². The van der Waals surface area contributed by atoms with Crippen LogP contribution in [0.1, 0.15) is 11.1 Å². The molecule has 0 atom stereocenters. The Morgan fingerprint density at radius 3 is 2.06 bits per heavy atom. The van der Waals surface area contributed by atoms with Crippen molar-refractivity contribution in [3.8, 4) is 0 Å². The van der Waals surface area contributed by atoms with Gasteiger partial charge in [-0.15, -0.1) is 0 Å². The molecule has 0 radical (unpaired) electrons. The summed E-state index contributed by atoms with van der Waals surface area (Å²) in [6, 6.07) is 13.6. The van der Waals surface area contributed by atoms with Gasteiger partial charge in [0.1, 0.15) is 0 Å². The molecule has 0 aliphatic rings. The molecule has 3 heteroatoms. The smallest absolute Gasteiger partial charge is 0.223 e. The van der Waals surface area contributed by atoms with Crippen molar-refractivity contribution in [2.45, 2.75) is 5.79 Å². The highest BCUT2D eigenvalue weighted by atomic mass is 16.7. The van der Waals surface area contributed by atoms with Crippen molar-refractivity contribution in [1.29, 1.82) is 0 Å². The lowest BCUT2D eigenvalue weighted by Gasteiger charge is -2.31. The molecule has 1 aromatic carbocycles. The third kappa shape index (κ3) is 2.07. The summed E-state index contributed by atoms with van der Waals surface area (Å²) in [6.07, 6.45) is 3.48. The van der Waals surface area contributed by atoms with Gasteiger partial charge < -0.3 is 9.47 Å². The average molecular weight is 229 g/mol. The second-order valence-electron chi connectivity index (χ2n) is 3.63. The van der Waals surface area contributed by atoms with Crippen LogP contribution in [0, 0.1) is 0 Å². The zero-order chi connectivity index (χ0) is 12.1. The average Bonchev–Trinajstić information content (AvgIpc) is 2.43. The lowest BCUT2D eigenvalue weighted by molar-refractivity contribution is -0.183. The normalized spacial score (nSPS) is 11.4. The van der Waals surface area contributed by atoms with Crippen LogP contribution in [0.4, 0.5) is 0 Å². The van der Waals surface area contributed by atoms with Crippen LogP contribution >= 0.6 is 0 Å². The Bertz CT molecular complexity index is 411. The molecule has 0 saturated heterocycles. The standard InChI is InChI=1S/C14H15NO2/c1-16-14(17-2,12-7-4-3-5-8-12)13-9-6-10-15-11-13/h3-11H,1-2H3. The van der Waals surface area contributed by atoms with E-state index in [1.54, 1.807) is 26.6 Å². The third-order valence-electron chi connectivity index (χ3n) is 2.77. The highest BCUT2D eigenvalue weighted by molar-refractivity contribution is 5.32. The van der Waals surface area contributed by atoms with Crippen LogP contribution in [-0.4, -0.2) is 19.2 Å². The summed E-state index contributed by atoms with van der Waals surface area (Å²) >= 11 is 0. The van der Waals surface area contributed by atoms with Crippen LogP contribution in [0.3, 0.4) is 0 Å². The highest BCUT2D eigenvalue weighted by Gasteiger charge is 2.34. The van der Waals surface area contributed by atoms with Gasteiger partial charge in [-0.05, 0) is 6.07 Å². The number of aromatic nitrogens is 1. The fourth-order valence-corrected chi connectivity index (χ4v) is 1.94. The van der Waals surface area contributed by atoms with E-state index >= 15 is 0 Å². The number of benzene rings is 1. The first-order chi connectivity index (χ1) is 8.33. The zero-order valence-electron chi connectivity index (χ0n) is 9.96. The number of nitrogens with zero attached hydrogens (tertiary/aromatic N) is 1. The molecular formula is C14H15NO2. The van der Waals surface area contributed by atoms with Crippen molar-refractivity contribution in [1.82, 2.24) is 4.98 Å². The molecule has 2 rings (SSSR count). The van der Waals surface area contributed by atoms with Gasteiger partial charge in [-0.1, -0.05) is 36.4 Å². The highest BCUT2D eigenvalue weighted by Crippen LogP contribution is 2.33. The first-order valence-electron chi connectivity index (χ1n) is 5.40. The van der Waals surface area contributed by atoms with Crippen LogP contribution in [0.5, 0.6) is 0 Å². The lowest BCUT2D eigenvalue weighted by atomic mass is 9.98. The molecule has 1 aromatic heterocycles. The van der Waals surface area contributed by atoms with Gasteiger partial charge in [0.05, 0.1) is 0 Å². The molecular weight excluding hydrogens is 214 g/mol. The summed E-state index contributed by atoms with van der Waals surface area (Å²) in [5.41, 5.74) is 1.81. The summed E-state index contributed by atoms with van der Waals surface area (Å²) in [5.74, 6) is -0.893. The molecule has 0 aliphatic heterocycles. The van der Waals surface area contributed by atoms with Crippen LogP contribution in [0.2, 0.25) is 0 Å². The number of hydrogen-bond acceptors (Lipinski definition) is 3. The summed E-state index contributed by atoms with van der Waals surface area (Å²) in [6.45, 7) is 0.